The van der Waals surface area contributed by atoms with Gasteiger partial charge in [0.15, 0.2) is 27.3 Å². The minimum atomic E-state index is -4.08. The average Bonchev–Trinajstić information content (AvgIpc) is 2.97. The molecule has 2 bridgehead atoms. The fourth-order valence-corrected chi connectivity index (χ4v) is 8.32. The van der Waals surface area contributed by atoms with Crippen LogP contribution >= 0.6 is 11.6 Å². The van der Waals surface area contributed by atoms with Gasteiger partial charge in [0, 0.05) is 42.9 Å². The van der Waals surface area contributed by atoms with Crippen LogP contribution in [-0.2, 0) is 19.4 Å². The quantitative estimate of drug-likeness (QED) is 0.189. The zero-order valence-corrected chi connectivity index (χ0v) is 27.2. The predicted octanol–water partition coefficient (Wildman–Crippen LogP) is 5.12. The molecule has 3 saturated carbocycles. The van der Waals surface area contributed by atoms with Gasteiger partial charge in [-0.2, -0.15) is 0 Å². The zero-order valence-electron chi connectivity index (χ0n) is 25.6. The highest BCUT2D eigenvalue weighted by Gasteiger charge is 2.60. The molecule has 0 radical (unpaired) electrons. The first kappa shape index (κ1) is 35.5. The second-order valence-corrected chi connectivity index (χ2v) is 15.4. The molecule has 2 aromatic carbocycles. The minimum Gasteiger partial charge on any atom is -0.444 e. The second-order valence-electron chi connectivity index (χ2n) is 12.8. The lowest BCUT2D eigenvalue weighted by Crippen LogP contribution is -2.66. The van der Waals surface area contributed by atoms with E-state index in [0.717, 1.165) is 6.07 Å². The summed E-state index contributed by atoms with van der Waals surface area (Å²) in [6.07, 6.45) is 1.53. The maximum Gasteiger partial charge on any atom is 0.407 e. The fraction of sp³-hybridized carbons (Fsp3) is 0.516. The third-order valence-corrected chi connectivity index (χ3v) is 11.0. The molecule has 4 N–H and O–H groups in total. The van der Waals surface area contributed by atoms with Crippen LogP contribution in [0.25, 0.3) is 0 Å². The first-order valence-electron chi connectivity index (χ1n) is 14.9. The molecular weight excluding hydrogens is 651 g/mol. The zero-order chi connectivity index (χ0) is 34.0. The van der Waals surface area contributed by atoms with E-state index in [4.69, 9.17) is 16.3 Å². The number of fused-ring (bicyclic) bond motifs is 2. The molecule has 3 amide bonds. The molecule has 2 aromatic rings. The third kappa shape index (κ3) is 8.13. The van der Waals surface area contributed by atoms with Gasteiger partial charge in [-0.3, -0.25) is 9.59 Å². The Morgan fingerprint density at radius 2 is 1.63 bits per heavy atom. The highest BCUT2D eigenvalue weighted by atomic mass is 35.5. The van der Waals surface area contributed by atoms with Crippen molar-refractivity contribution in [2.75, 3.05) is 18.4 Å². The maximum absolute atomic E-state index is 13.7. The van der Waals surface area contributed by atoms with Crippen LogP contribution in [-0.4, -0.2) is 61.0 Å². The number of benzene rings is 2. The monoisotopic (exact) mass is 687 g/mol. The van der Waals surface area contributed by atoms with Crippen LogP contribution in [0.3, 0.4) is 0 Å². The first-order chi connectivity index (χ1) is 21.4. The van der Waals surface area contributed by atoms with E-state index in [1.807, 2.05) is 0 Å². The lowest BCUT2D eigenvalue weighted by Gasteiger charge is -2.58. The number of hydrogen-bond donors (Lipinski definition) is 4. The molecule has 0 aliphatic heterocycles. The topological polar surface area (TPSA) is 151 Å². The first-order valence-corrected chi connectivity index (χ1v) is 16.8. The Hall–Kier alpha value is -3.36. The molecule has 0 aromatic heterocycles. The number of alkyl carbamates (subject to hydrolysis) is 1. The molecule has 5 rings (SSSR count). The Morgan fingerprint density at radius 3 is 2.24 bits per heavy atom. The number of unbranched alkanes of at least 4 members (excludes halogenated alkanes) is 1. The van der Waals surface area contributed by atoms with E-state index in [2.05, 4.69) is 16.0 Å². The Balaban J connectivity index is 1.30. The molecule has 252 valence electrons. The lowest BCUT2D eigenvalue weighted by molar-refractivity contribution is -0.174. The van der Waals surface area contributed by atoms with Crippen molar-refractivity contribution in [3.63, 3.8) is 0 Å². The van der Waals surface area contributed by atoms with Crippen LogP contribution in [0, 0.1) is 29.3 Å². The normalized spacial score (nSPS) is 22.4. The van der Waals surface area contributed by atoms with Gasteiger partial charge < -0.3 is 25.8 Å². The molecule has 0 saturated heterocycles. The van der Waals surface area contributed by atoms with Crippen molar-refractivity contribution in [1.29, 1.82) is 0 Å². The van der Waals surface area contributed by atoms with E-state index in [1.54, 1.807) is 20.8 Å². The van der Waals surface area contributed by atoms with Crippen molar-refractivity contribution in [1.82, 2.24) is 10.6 Å². The lowest BCUT2D eigenvalue weighted by atomic mass is 9.53. The van der Waals surface area contributed by atoms with Gasteiger partial charge in [-0.1, -0.05) is 11.6 Å². The summed E-state index contributed by atoms with van der Waals surface area (Å²) < 4.78 is 72.9. The number of sulfone groups is 1. The summed E-state index contributed by atoms with van der Waals surface area (Å²) in [4.78, 5) is 36.5. The number of rotatable bonds is 11. The smallest absolute Gasteiger partial charge is 0.407 e. The molecule has 46 heavy (non-hydrogen) atoms. The molecular formula is C31H37ClF3N3O7S. The van der Waals surface area contributed by atoms with Crippen molar-refractivity contribution in [2.24, 2.45) is 11.8 Å². The summed E-state index contributed by atoms with van der Waals surface area (Å²) >= 11 is 6.24. The van der Waals surface area contributed by atoms with E-state index >= 15 is 0 Å². The van der Waals surface area contributed by atoms with E-state index in [9.17, 15) is 41.1 Å². The van der Waals surface area contributed by atoms with Gasteiger partial charge >= 0.3 is 6.09 Å². The molecule has 0 heterocycles. The summed E-state index contributed by atoms with van der Waals surface area (Å²) in [6, 6.07) is 4.71. The van der Waals surface area contributed by atoms with Gasteiger partial charge in [0.05, 0.1) is 20.8 Å². The van der Waals surface area contributed by atoms with E-state index in [1.165, 1.54) is 12.1 Å². The average molecular weight is 688 g/mol. The molecule has 10 nitrogen and oxygen atoms in total. The van der Waals surface area contributed by atoms with Crippen LogP contribution in [0.15, 0.2) is 35.2 Å². The number of anilines is 1. The van der Waals surface area contributed by atoms with Crippen LogP contribution in [0.2, 0.25) is 5.02 Å². The van der Waals surface area contributed by atoms with Crippen molar-refractivity contribution in [3.05, 3.63) is 58.4 Å². The second kappa shape index (κ2) is 13.8. The predicted molar refractivity (Wildman–Crippen MR) is 164 cm³/mol. The van der Waals surface area contributed by atoms with Crippen LogP contribution in [0.5, 0.6) is 0 Å². The van der Waals surface area contributed by atoms with Gasteiger partial charge in [-0.25, -0.2) is 26.4 Å². The van der Waals surface area contributed by atoms with Crippen LogP contribution in [0.1, 0.15) is 69.7 Å². The highest BCUT2D eigenvalue weighted by molar-refractivity contribution is 7.92. The van der Waals surface area contributed by atoms with Gasteiger partial charge in [-0.15, -0.1) is 0 Å². The Bertz CT molecular complexity index is 1580. The van der Waals surface area contributed by atoms with Crippen molar-refractivity contribution in [2.45, 2.75) is 80.6 Å². The summed E-state index contributed by atoms with van der Waals surface area (Å²) in [7, 11) is -4.08. The number of carbonyl (C=O) groups is 3. The SMILES string of the molecule is CC(C)(C)OC(=O)NCCCCC(=O)NCC1(O)C2CC1CC(S(=O)(=O)c1cc(C(=O)Nc3cc(F)c(F)c(F)c3)ccc1Cl)C2. The van der Waals surface area contributed by atoms with Crippen molar-refractivity contribution >= 4 is 45.0 Å². The Labute approximate surface area is 270 Å². The van der Waals surface area contributed by atoms with E-state index in [0.29, 0.717) is 37.9 Å². The number of aliphatic hydroxyl groups is 1. The fourth-order valence-electron chi connectivity index (χ4n) is 5.91. The number of amides is 3. The third-order valence-electron chi connectivity index (χ3n) is 8.33. The van der Waals surface area contributed by atoms with E-state index in [-0.39, 0.29) is 52.9 Å². The number of nitrogens with one attached hydrogen (secondary N) is 3. The molecule has 3 aliphatic rings. The molecule has 3 fully saturated rings. The highest BCUT2D eigenvalue weighted by Crippen LogP contribution is 2.55. The molecule has 0 spiro atoms. The molecule has 2 atom stereocenters. The standard InChI is InChI=1S/C31H37ClF3N3O7S/c1-30(2,3)45-29(41)36-9-5-4-6-26(39)37-16-31(42)18-11-19(31)13-21(12-18)46(43,44)25-10-17(7-8-22(25)32)28(40)38-20-14-23(33)27(35)24(34)15-20/h7-8,10,14-15,18-19,21,42H,4-6,9,11-13,16H2,1-3H3,(H,36,41)(H,37,39)(H,38,40). The van der Waals surface area contributed by atoms with Crippen molar-refractivity contribution < 1.29 is 45.8 Å². The van der Waals surface area contributed by atoms with Crippen LogP contribution < -0.4 is 16.0 Å². The van der Waals surface area contributed by atoms with Crippen LogP contribution in [0.4, 0.5) is 23.7 Å². The van der Waals surface area contributed by atoms with Gasteiger partial charge in [0.1, 0.15) is 5.60 Å². The Kier molecular flexibility index (Phi) is 10.6. The summed E-state index contributed by atoms with van der Waals surface area (Å²) in [6.45, 7) is 5.59. The minimum absolute atomic E-state index is 0.0227. The Morgan fingerprint density at radius 1 is 1.00 bits per heavy atom. The number of hydrogen-bond acceptors (Lipinski definition) is 7. The summed E-state index contributed by atoms with van der Waals surface area (Å²) in [5.74, 6) is -6.65. The van der Waals surface area contributed by atoms with Gasteiger partial charge in [0.25, 0.3) is 5.91 Å². The van der Waals surface area contributed by atoms with E-state index < -0.39 is 67.6 Å². The molecule has 2 unspecified atom stereocenters. The van der Waals surface area contributed by atoms with Gasteiger partial charge in [-0.05, 0) is 82.9 Å². The number of carbonyl (C=O) groups excluding carboxylic acids is 3. The molecule has 3 aliphatic carbocycles. The number of halogens is 4. The maximum atomic E-state index is 13.7. The number of ether oxygens (including phenoxy) is 1. The van der Waals surface area contributed by atoms with Crippen molar-refractivity contribution in [3.8, 4) is 0 Å². The largest absolute Gasteiger partial charge is 0.444 e. The summed E-state index contributed by atoms with van der Waals surface area (Å²) in [5, 5.41) is 17.8. The van der Waals surface area contributed by atoms with Gasteiger partial charge in [0.2, 0.25) is 5.91 Å². The summed E-state index contributed by atoms with van der Waals surface area (Å²) in [5.41, 5.74) is -2.39. The molecule has 15 heteroatoms.